The third kappa shape index (κ3) is 3.04. The summed E-state index contributed by atoms with van der Waals surface area (Å²) in [4.78, 5) is 12.0. The molecule has 0 saturated heterocycles. The number of nitrogens with two attached hydrogens (primary N) is 1. The van der Waals surface area contributed by atoms with Gasteiger partial charge in [0, 0.05) is 0 Å². The maximum absolute atomic E-state index is 11.7. The van der Waals surface area contributed by atoms with Crippen LogP contribution in [-0.4, -0.2) is 16.9 Å². The number of hydrogen-bond donors (Lipinski definition) is 2. The zero-order valence-electron chi connectivity index (χ0n) is 8.12. The highest BCUT2D eigenvalue weighted by Crippen LogP contribution is 2.17. The van der Waals surface area contributed by atoms with Gasteiger partial charge in [-0.15, -0.1) is 0 Å². The molecule has 0 bridgehead atoms. The van der Waals surface area contributed by atoms with Crippen LogP contribution >= 0.6 is 28.1 Å². The highest BCUT2D eigenvalue weighted by molar-refractivity contribution is 9.10. The predicted molar refractivity (Wildman–Crippen MR) is 64.7 cm³/mol. The van der Waals surface area contributed by atoms with Gasteiger partial charge >= 0.3 is 0 Å². The van der Waals surface area contributed by atoms with E-state index >= 15 is 0 Å². The maximum atomic E-state index is 11.7. The lowest BCUT2D eigenvalue weighted by atomic mass is 10.2. The van der Waals surface area contributed by atoms with Crippen molar-refractivity contribution in [2.75, 3.05) is 0 Å². The third-order valence-corrected chi connectivity index (χ3v) is 2.82. The summed E-state index contributed by atoms with van der Waals surface area (Å²) < 4.78 is 5.35. The Kier molecular flexibility index (Phi) is 4.28. The van der Waals surface area contributed by atoms with E-state index in [1.807, 2.05) is 6.92 Å². The van der Waals surface area contributed by atoms with Crippen molar-refractivity contribution >= 4 is 39.0 Å². The summed E-state index contributed by atoms with van der Waals surface area (Å²) in [7, 11) is 0. The van der Waals surface area contributed by atoms with Gasteiger partial charge in [-0.05, 0) is 28.4 Å². The lowest BCUT2D eigenvalue weighted by molar-refractivity contribution is 0.0944. The molecule has 15 heavy (non-hydrogen) atoms. The number of thiocarbonyl (C=S) groups is 1. The second-order valence-electron chi connectivity index (χ2n) is 2.94. The topological polar surface area (TPSA) is 68.3 Å². The fraction of sp³-hybridized carbons (Fsp3) is 0.333. The normalized spacial score (nSPS) is 12.1. The van der Waals surface area contributed by atoms with E-state index in [0.29, 0.717) is 16.7 Å². The van der Waals surface area contributed by atoms with Crippen molar-refractivity contribution in [3.63, 3.8) is 0 Å². The van der Waals surface area contributed by atoms with Crippen LogP contribution in [0.3, 0.4) is 0 Å². The van der Waals surface area contributed by atoms with Crippen LogP contribution < -0.4 is 11.1 Å². The molecule has 1 unspecified atom stereocenters. The average molecular weight is 291 g/mol. The minimum absolute atomic E-state index is 0.254. The number of rotatable bonds is 4. The van der Waals surface area contributed by atoms with Crippen LogP contribution in [0.5, 0.6) is 0 Å². The van der Waals surface area contributed by atoms with Gasteiger partial charge in [0.25, 0.3) is 5.91 Å². The van der Waals surface area contributed by atoms with E-state index < -0.39 is 0 Å². The molecule has 1 aromatic rings. The second-order valence-corrected chi connectivity index (χ2v) is 4.14. The lowest BCUT2D eigenvalue weighted by Gasteiger charge is -2.14. The fourth-order valence-electron chi connectivity index (χ4n) is 1.07. The standard InChI is InChI=1S/C9H11BrN2O2S/c1-2-6(8(11)15)12-9(13)5-3-4-14-7(5)10/h3-4,6H,2H2,1H3,(H2,11,15)(H,12,13). The van der Waals surface area contributed by atoms with Gasteiger partial charge in [0.2, 0.25) is 0 Å². The Balaban J connectivity index is 2.71. The average Bonchev–Trinajstić information content (AvgIpc) is 2.60. The molecule has 1 heterocycles. The number of nitrogens with one attached hydrogen (secondary N) is 1. The van der Waals surface area contributed by atoms with Crippen molar-refractivity contribution in [3.8, 4) is 0 Å². The first-order chi connectivity index (χ1) is 7.06. The molecule has 6 heteroatoms. The van der Waals surface area contributed by atoms with E-state index in [9.17, 15) is 4.79 Å². The van der Waals surface area contributed by atoms with E-state index in [-0.39, 0.29) is 16.9 Å². The summed E-state index contributed by atoms with van der Waals surface area (Å²) in [5, 5.41) is 2.71. The van der Waals surface area contributed by atoms with Crippen molar-refractivity contribution in [3.05, 3.63) is 22.6 Å². The Morgan fingerprint density at radius 2 is 2.47 bits per heavy atom. The minimum Gasteiger partial charge on any atom is -0.457 e. The highest BCUT2D eigenvalue weighted by atomic mass is 79.9. The molecule has 0 aliphatic carbocycles. The molecule has 0 fully saturated rings. The molecule has 0 aliphatic rings. The molecule has 1 rings (SSSR count). The molecule has 1 amide bonds. The summed E-state index contributed by atoms with van der Waals surface area (Å²) in [6.07, 6.45) is 2.09. The van der Waals surface area contributed by atoms with Gasteiger partial charge in [0.05, 0.1) is 22.9 Å². The number of carbonyl (C=O) groups excluding carboxylic acids is 1. The van der Waals surface area contributed by atoms with Crippen LogP contribution in [-0.2, 0) is 0 Å². The lowest BCUT2D eigenvalue weighted by Crippen LogP contribution is -2.42. The van der Waals surface area contributed by atoms with Crippen LogP contribution in [0, 0.1) is 0 Å². The van der Waals surface area contributed by atoms with Crippen LogP contribution in [0.2, 0.25) is 0 Å². The predicted octanol–water partition coefficient (Wildman–Crippen LogP) is 1.84. The summed E-state index contributed by atoms with van der Waals surface area (Å²) in [5.74, 6) is -0.254. The molecule has 1 aromatic heterocycles. The Bertz CT molecular complexity index is 378. The molecule has 82 valence electrons. The quantitative estimate of drug-likeness (QED) is 0.831. The number of hydrogen-bond acceptors (Lipinski definition) is 3. The molecule has 0 aromatic carbocycles. The van der Waals surface area contributed by atoms with Crippen molar-refractivity contribution in [2.45, 2.75) is 19.4 Å². The molecular weight excluding hydrogens is 280 g/mol. The van der Waals surface area contributed by atoms with Gasteiger partial charge in [-0.2, -0.15) is 0 Å². The number of furan rings is 1. The van der Waals surface area contributed by atoms with Gasteiger partial charge in [-0.3, -0.25) is 4.79 Å². The largest absolute Gasteiger partial charge is 0.457 e. The molecule has 1 atom stereocenters. The van der Waals surface area contributed by atoms with Gasteiger partial charge in [-0.1, -0.05) is 19.1 Å². The van der Waals surface area contributed by atoms with Gasteiger partial charge in [0.15, 0.2) is 4.67 Å². The van der Waals surface area contributed by atoms with Crippen LogP contribution in [0.1, 0.15) is 23.7 Å². The summed E-state index contributed by atoms with van der Waals surface area (Å²) in [6.45, 7) is 1.90. The SMILES string of the molecule is CCC(NC(=O)c1ccoc1Br)C(N)=S. The zero-order chi connectivity index (χ0) is 11.4. The number of halogens is 1. The fourth-order valence-corrected chi connectivity index (χ4v) is 1.71. The molecular formula is C9H11BrN2O2S. The third-order valence-electron chi connectivity index (χ3n) is 1.92. The Morgan fingerprint density at radius 1 is 1.80 bits per heavy atom. The number of carbonyl (C=O) groups is 1. The van der Waals surface area contributed by atoms with E-state index in [1.54, 1.807) is 6.07 Å². The smallest absolute Gasteiger partial charge is 0.256 e. The first kappa shape index (κ1) is 12.2. The van der Waals surface area contributed by atoms with Gasteiger partial charge in [-0.25, -0.2) is 0 Å². The van der Waals surface area contributed by atoms with Gasteiger partial charge < -0.3 is 15.5 Å². The second kappa shape index (κ2) is 5.27. The van der Waals surface area contributed by atoms with Crippen LogP contribution in [0.25, 0.3) is 0 Å². The Labute approximate surface area is 101 Å². The first-order valence-corrected chi connectivity index (χ1v) is 5.59. The summed E-state index contributed by atoms with van der Waals surface area (Å²) in [6, 6.07) is 1.29. The van der Waals surface area contributed by atoms with Gasteiger partial charge in [0.1, 0.15) is 0 Å². The Morgan fingerprint density at radius 3 is 2.87 bits per heavy atom. The molecule has 0 saturated carbocycles. The molecule has 0 spiro atoms. The van der Waals surface area contributed by atoms with Crippen LogP contribution in [0.15, 0.2) is 21.4 Å². The monoisotopic (exact) mass is 290 g/mol. The maximum Gasteiger partial charge on any atom is 0.256 e. The Hall–Kier alpha value is -0.880. The van der Waals surface area contributed by atoms with Crippen molar-refractivity contribution in [1.29, 1.82) is 0 Å². The molecule has 0 radical (unpaired) electrons. The first-order valence-electron chi connectivity index (χ1n) is 4.39. The van der Waals surface area contributed by atoms with E-state index in [1.165, 1.54) is 6.26 Å². The van der Waals surface area contributed by atoms with E-state index in [0.717, 1.165) is 0 Å². The van der Waals surface area contributed by atoms with Crippen LogP contribution in [0.4, 0.5) is 0 Å². The molecule has 0 aliphatic heterocycles. The number of amides is 1. The molecule has 4 nitrogen and oxygen atoms in total. The summed E-state index contributed by atoms with van der Waals surface area (Å²) >= 11 is 7.95. The van der Waals surface area contributed by atoms with E-state index in [4.69, 9.17) is 22.4 Å². The molecule has 3 N–H and O–H groups in total. The van der Waals surface area contributed by atoms with Crippen molar-refractivity contribution in [1.82, 2.24) is 5.32 Å². The zero-order valence-corrected chi connectivity index (χ0v) is 10.5. The van der Waals surface area contributed by atoms with Crippen molar-refractivity contribution < 1.29 is 9.21 Å². The highest BCUT2D eigenvalue weighted by Gasteiger charge is 2.17. The van der Waals surface area contributed by atoms with E-state index in [2.05, 4.69) is 21.2 Å². The van der Waals surface area contributed by atoms with Crippen molar-refractivity contribution in [2.24, 2.45) is 5.73 Å². The minimum atomic E-state index is -0.283. The summed E-state index contributed by atoms with van der Waals surface area (Å²) in [5.41, 5.74) is 5.90.